The third kappa shape index (κ3) is 12.8. The number of fused-ring (bicyclic) bond motifs is 3. The van der Waals surface area contributed by atoms with Gasteiger partial charge in [0.15, 0.2) is 0 Å². The number of aliphatic hydroxyl groups excluding tert-OH is 1. The van der Waals surface area contributed by atoms with E-state index >= 15 is 0 Å². The zero-order valence-electron chi connectivity index (χ0n) is 33.4. The van der Waals surface area contributed by atoms with Gasteiger partial charge in [-0.3, -0.25) is 23.7 Å². The first-order valence-corrected chi connectivity index (χ1v) is 17.6. The van der Waals surface area contributed by atoms with Crippen molar-refractivity contribution in [1.29, 1.82) is 0 Å². The number of pyridine rings is 3. The summed E-state index contributed by atoms with van der Waals surface area (Å²) in [6, 6.07) is 36.6. The van der Waals surface area contributed by atoms with Crippen LogP contribution in [0.15, 0.2) is 146 Å². The minimum Gasteiger partial charge on any atom is -0.464 e. The number of halogens is 3. The molecular weight excluding hydrogens is 752 g/mol. The van der Waals surface area contributed by atoms with Crippen LogP contribution >= 0.6 is 11.6 Å². The normalized spacial score (nSPS) is 10.2. The van der Waals surface area contributed by atoms with Crippen LogP contribution in [0.3, 0.4) is 0 Å². The van der Waals surface area contributed by atoms with E-state index in [1.165, 1.54) is 14.2 Å². The molecule has 296 valence electrons. The van der Waals surface area contributed by atoms with Crippen LogP contribution in [0.4, 0.5) is 8.78 Å². The third-order valence-corrected chi connectivity index (χ3v) is 8.39. The van der Waals surface area contributed by atoms with Crippen LogP contribution in [0.5, 0.6) is 0 Å². The maximum atomic E-state index is 11.7. The third-order valence-electron chi connectivity index (χ3n) is 8.10. The Morgan fingerprint density at radius 1 is 0.684 bits per heavy atom. The molecule has 57 heavy (non-hydrogen) atoms. The van der Waals surface area contributed by atoms with E-state index in [2.05, 4.69) is 24.7 Å². The number of nitrogens with zero attached hydrogens (tertiary/aromatic N) is 4. The molecule has 0 atom stereocenters. The molecule has 5 aromatic heterocycles. The predicted molar refractivity (Wildman–Crippen MR) is 222 cm³/mol. The van der Waals surface area contributed by atoms with Gasteiger partial charge in [0.25, 0.3) is 0 Å². The number of hydrogen-bond acceptors (Lipinski definition) is 8. The van der Waals surface area contributed by atoms with Crippen molar-refractivity contribution < 1.29 is 35.7 Å². The molecule has 0 radical (unpaired) electrons. The highest BCUT2D eigenvalue weighted by Gasteiger charge is 2.12. The van der Waals surface area contributed by atoms with Gasteiger partial charge in [-0.1, -0.05) is 54.6 Å². The van der Waals surface area contributed by atoms with Crippen LogP contribution in [0, 0.1) is 0 Å². The second-order valence-corrected chi connectivity index (χ2v) is 11.6. The molecular formula is C44H44ClF2N5O5. The maximum Gasteiger partial charge on any atom is 0.354 e. The molecule has 3 aromatic carbocycles. The van der Waals surface area contributed by atoms with E-state index in [0.29, 0.717) is 23.8 Å². The van der Waals surface area contributed by atoms with Gasteiger partial charge in [0, 0.05) is 59.6 Å². The average Bonchev–Trinajstić information content (AvgIpc) is 4.00. The van der Waals surface area contributed by atoms with Crippen molar-refractivity contribution in [2.75, 3.05) is 28.5 Å². The number of aliphatic hydroxyl groups is 1. The van der Waals surface area contributed by atoms with Gasteiger partial charge in [-0.2, -0.15) is 0 Å². The largest absolute Gasteiger partial charge is 0.464 e. The van der Waals surface area contributed by atoms with E-state index in [-0.39, 0.29) is 18.5 Å². The van der Waals surface area contributed by atoms with Gasteiger partial charge in [0.05, 0.1) is 54.4 Å². The van der Waals surface area contributed by atoms with Crippen molar-refractivity contribution >= 4 is 56.2 Å². The Morgan fingerprint density at radius 3 is 1.63 bits per heavy atom. The lowest BCUT2D eigenvalue weighted by atomic mass is 10.1. The fraction of sp³-hybridized carbons (Fsp3) is 0.159. The molecule has 2 N–H and O–H groups in total. The quantitative estimate of drug-likeness (QED) is 0.126. The number of H-pyrrole nitrogens is 1. The van der Waals surface area contributed by atoms with E-state index in [0.717, 1.165) is 49.4 Å². The van der Waals surface area contributed by atoms with E-state index in [4.69, 9.17) is 24.2 Å². The smallest absolute Gasteiger partial charge is 0.354 e. The van der Waals surface area contributed by atoms with Crippen molar-refractivity contribution in [1.82, 2.24) is 24.5 Å². The predicted octanol–water partition coefficient (Wildman–Crippen LogP) is 9.54. The summed E-state index contributed by atoms with van der Waals surface area (Å²) in [5, 5.41) is 12.3. The molecule has 13 heteroatoms. The molecule has 0 fully saturated rings. The highest BCUT2D eigenvalue weighted by Crippen LogP contribution is 2.19. The molecule has 5 heterocycles. The Hall–Kier alpha value is -6.50. The lowest BCUT2D eigenvalue weighted by Crippen LogP contribution is -2.11. The molecule has 0 unspecified atom stereocenters. The highest BCUT2D eigenvalue weighted by molar-refractivity contribution is 6.18. The Kier molecular flexibility index (Phi) is 18.1. The number of carbonyl (C=O) groups excluding carboxylic acids is 2. The second-order valence-electron chi connectivity index (χ2n) is 11.3. The Labute approximate surface area is 337 Å². The van der Waals surface area contributed by atoms with Crippen LogP contribution in [-0.2, 0) is 28.5 Å². The zero-order valence-corrected chi connectivity index (χ0v) is 32.2. The lowest BCUT2D eigenvalue weighted by Gasteiger charge is -2.10. The van der Waals surface area contributed by atoms with Crippen LogP contribution < -0.4 is 0 Å². The van der Waals surface area contributed by atoms with Crippen LogP contribution in [0.25, 0.3) is 32.7 Å². The number of aromatic amines is 1. The van der Waals surface area contributed by atoms with Crippen LogP contribution in [0.1, 0.15) is 40.4 Å². The number of esters is 2. The van der Waals surface area contributed by atoms with Gasteiger partial charge in [-0.25, -0.2) is 9.59 Å². The first-order valence-electron chi connectivity index (χ1n) is 18.5. The molecule has 0 amide bonds. The summed E-state index contributed by atoms with van der Waals surface area (Å²) in [4.78, 5) is 37.8. The van der Waals surface area contributed by atoms with Gasteiger partial charge in [-0.05, 0) is 77.4 Å². The van der Waals surface area contributed by atoms with E-state index < -0.39 is 14.3 Å². The number of nitrogens with one attached hydrogen (secondary N) is 1. The Morgan fingerprint density at radius 2 is 1.16 bits per heavy atom. The van der Waals surface area contributed by atoms with Crippen molar-refractivity contribution in [2.45, 2.75) is 19.0 Å². The fourth-order valence-corrected chi connectivity index (χ4v) is 5.68. The molecule has 8 aromatic rings. The van der Waals surface area contributed by atoms with Crippen molar-refractivity contribution in [3.63, 3.8) is 0 Å². The van der Waals surface area contributed by atoms with Gasteiger partial charge < -0.3 is 24.1 Å². The SMILES string of the molecule is COC(=O)c1ccc[nH]1.COC(=O)c1cccn1Cc1ccnc2ccccc12.ClCc1ccnc2ccccc12.OCc1ccnc2ccccc12.[2H]CF.[2H]CF. The number of rotatable bonds is 6. The summed E-state index contributed by atoms with van der Waals surface area (Å²) in [7, 11) is 0.741. The van der Waals surface area contributed by atoms with Gasteiger partial charge in [-0.15, -0.1) is 11.6 Å². The average molecular weight is 798 g/mol. The number of methoxy groups -OCH3 is 2. The molecule has 0 bridgehead atoms. The number of carbonyl (C=O) groups is 2. The number of para-hydroxylation sites is 3. The van der Waals surface area contributed by atoms with Crippen molar-refractivity contribution in [2.24, 2.45) is 0 Å². The highest BCUT2D eigenvalue weighted by atomic mass is 35.5. The monoisotopic (exact) mass is 797 g/mol. The lowest BCUT2D eigenvalue weighted by molar-refractivity contribution is 0.0582. The summed E-state index contributed by atoms with van der Waals surface area (Å²) in [5.74, 6) is -0.114. The van der Waals surface area contributed by atoms with Crippen LogP contribution in [-0.4, -0.2) is 70.1 Å². The van der Waals surface area contributed by atoms with Crippen LogP contribution in [0.2, 0.25) is 0 Å². The fourth-order valence-electron chi connectivity index (χ4n) is 5.45. The zero-order chi connectivity index (χ0) is 42.8. The van der Waals surface area contributed by atoms with E-state index in [1.807, 2.05) is 108 Å². The molecule has 0 spiro atoms. The standard InChI is InChI=1S/C16H14N2O2.C10H8ClN.C10H9NO.C6H7NO2.2CH3F/c1-20-16(19)15-7-4-10-18(15)11-12-8-9-17-14-6-3-2-5-13(12)14;11-7-8-5-6-12-10-4-2-1-3-9(8)10;12-7-8-5-6-11-10-4-2-1-3-9(8)10;1-9-6(8)5-3-2-4-7-5;2*1-2/h2-10H,11H2,1H3;1-6H,7H2;1-6,12H,7H2;2-4,7H,1H3;2*1H3/i;;;;2*1D. The second kappa shape index (κ2) is 24.8. The van der Waals surface area contributed by atoms with Crippen molar-refractivity contribution in [3.8, 4) is 0 Å². The maximum absolute atomic E-state index is 11.7. The molecule has 0 aliphatic heterocycles. The van der Waals surface area contributed by atoms with Gasteiger partial charge in [0.2, 0.25) is 0 Å². The molecule has 0 saturated heterocycles. The number of hydrogen-bond donors (Lipinski definition) is 2. The molecule has 0 aliphatic carbocycles. The van der Waals surface area contributed by atoms with Crippen molar-refractivity contribution in [3.05, 3.63) is 174 Å². The number of alkyl halides is 3. The molecule has 10 nitrogen and oxygen atoms in total. The minimum absolute atomic E-state index is 0.0725. The van der Waals surface area contributed by atoms with Gasteiger partial charge in [0.1, 0.15) is 11.4 Å². The summed E-state index contributed by atoms with van der Waals surface area (Å²) < 4.78 is 42.1. The molecule has 8 rings (SSSR count). The Bertz CT molecular complexity index is 2360. The van der Waals surface area contributed by atoms with E-state index in [9.17, 15) is 18.4 Å². The number of ether oxygens (including phenoxy) is 2. The molecule has 0 saturated carbocycles. The summed E-state index contributed by atoms with van der Waals surface area (Å²) >= 11 is 5.78. The summed E-state index contributed by atoms with van der Waals surface area (Å²) in [6.45, 7) is 0.684. The van der Waals surface area contributed by atoms with Gasteiger partial charge >= 0.3 is 11.9 Å². The number of benzene rings is 3. The molecule has 0 aliphatic rings. The number of aromatic nitrogens is 5. The van der Waals surface area contributed by atoms with E-state index in [1.54, 1.807) is 43.0 Å². The summed E-state index contributed by atoms with van der Waals surface area (Å²) in [5.41, 5.74) is 7.13. The first kappa shape index (κ1) is 41.7. The Balaban J connectivity index is 0.000000209. The minimum atomic E-state index is -1.00. The topological polar surface area (TPSA) is 132 Å². The first-order chi connectivity index (χ1) is 28.8. The summed E-state index contributed by atoms with van der Waals surface area (Å²) in [6.07, 6.45) is 8.85.